The van der Waals surface area contributed by atoms with Gasteiger partial charge >= 0.3 is 0 Å². The van der Waals surface area contributed by atoms with Gasteiger partial charge in [0, 0.05) is 6.04 Å². The Morgan fingerprint density at radius 1 is 1.29 bits per heavy atom. The third-order valence-electron chi connectivity index (χ3n) is 2.46. The third kappa shape index (κ3) is 5.14. The predicted octanol–water partition coefficient (Wildman–Crippen LogP) is -2.25. The van der Waals surface area contributed by atoms with Crippen molar-refractivity contribution in [1.82, 2.24) is 10.6 Å². The largest absolute Gasteiger partial charge is 0.351 e. The number of carbonyl (C=O) groups excluding carboxylic acids is 2. The third-order valence-corrected chi connectivity index (χ3v) is 4.28. The minimum Gasteiger partial charge on any atom is -0.351 e. The van der Waals surface area contributed by atoms with Gasteiger partial charge in [0.1, 0.15) is 0 Å². The van der Waals surface area contributed by atoms with Crippen LogP contribution in [0.2, 0.25) is 0 Å². The Labute approximate surface area is 100 Å². The molecule has 1 fully saturated rings. The van der Waals surface area contributed by atoms with E-state index in [9.17, 15) is 18.0 Å². The second-order valence-corrected chi connectivity index (χ2v) is 6.23. The fraction of sp³-hybridized carbons (Fsp3) is 0.778. The summed E-state index contributed by atoms with van der Waals surface area (Å²) in [5.74, 6) is -0.655. The van der Waals surface area contributed by atoms with E-state index in [1.807, 2.05) is 0 Å². The summed E-state index contributed by atoms with van der Waals surface area (Å²) in [6.45, 7) is -0.350. The number of nitrogens with two attached hydrogens (primary N) is 1. The first kappa shape index (κ1) is 13.9. The Morgan fingerprint density at radius 2 is 2.00 bits per heavy atom. The van der Waals surface area contributed by atoms with Gasteiger partial charge in [-0.05, 0) is 12.8 Å². The van der Waals surface area contributed by atoms with Crippen LogP contribution in [-0.2, 0) is 19.4 Å². The summed E-state index contributed by atoms with van der Waals surface area (Å²) in [6.07, 6.45) is 1.21. The second kappa shape index (κ2) is 5.97. The highest BCUT2D eigenvalue weighted by molar-refractivity contribution is 7.91. The summed E-state index contributed by atoms with van der Waals surface area (Å²) in [7, 11) is -3.04. The number of carbonyl (C=O) groups is 2. The topological polar surface area (TPSA) is 118 Å². The van der Waals surface area contributed by atoms with Crippen molar-refractivity contribution in [3.63, 3.8) is 0 Å². The average Bonchev–Trinajstić information content (AvgIpc) is 2.24. The lowest BCUT2D eigenvalue weighted by molar-refractivity contribution is -0.125. The Kier molecular flexibility index (Phi) is 4.88. The maximum absolute atomic E-state index is 11.4. The lowest BCUT2D eigenvalue weighted by Gasteiger charge is -2.22. The standard InChI is InChI=1S/C9H17N3O4S/c10-4-8(13)11-5-9(14)12-7-2-1-3-17(15,16)6-7/h7H,1-6,10H2,(H,11,13)(H,12,14). The number of hydrogen-bond acceptors (Lipinski definition) is 5. The van der Waals surface area contributed by atoms with Crippen LogP contribution in [0.5, 0.6) is 0 Å². The molecule has 0 radical (unpaired) electrons. The first-order valence-corrected chi connectivity index (χ1v) is 7.21. The van der Waals surface area contributed by atoms with Crippen LogP contribution in [0, 0.1) is 0 Å². The lowest BCUT2D eigenvalue weighted by Crippen LogP contribution is -2.47. The molecule has 1 unspecified atom stereocenters. The van der Waals surface area contributed by atoms with E-state index in [2.05, 4.69) is 10.6 Å². The smallest absolute Gasteiger partial charge is 0.239 e. The number of sulfone groups is 1. The van der Waals surface area contributed by atoms with Gasteiger partial charge in [-0.15, -0.1) is 0 Å². The van der Waals surface area contributed by atoms with Crippen molar-refractivity contribution in [2.75, 3.05) is 24.6 Å². The molecule has 4 N–H and O–H groups in total. The Bertz CT molecular complexity index is 393. The maximum atomic E-state index is 11.4. The summed E-state index contributed by atoms with van der Waals surface area (Å²) in [5, 5.41) is 4.90. The van der Waals surface area contributed by atoms with E-state index in [0.29, 0.717) is 12.8 Å². The summed E-state index contributed by atoms with van der Waals surface area (Å²) in [6, 6.07) is -0.351. The van der Waals surface area contributed by atoms with Crippen LogP contribution in [-0.4, -0.2) is 50.9 Å². The van der Waals surface area contributed by atoms with Crippen molar-refractivity contribution in [3.05, 3.63) is 0 Å². The summed E-state index contributed by atoms with van der Waals surface area (Å²) in [5.41, 5.74) is 5.06. The van der Waals surface area contributed by atoms with Crippen LogP contribution < -0.4 is 16.4 Å². The van der Waals surface area contributed by atoms with E-state index in [1.165, 1.54) is 0 Å². The molecule has 1 aliphatic heterocycles. The van der Waals surface area contributed by atoms with Gasteiger partial charge in [-0.3, -0.25) is 9.59 Å². The van der Waals surface area contributed by atoms with E-state index in [-0.39, 0.29) is 30.6 Å². The van der Waals surface area contributed by atoms with Gasteiger partial charge < -0.3 is 16.4 Å². The first-order chi connectivity index (χ1) is 7.93. The molecule has 0 aromatic rings. The molecule has 1 heterocycles. The van der Waals surface area contributed by atoms with Gasteiger partial charge in [0.2, 0.25) is 11.8 Å². The molecule has 0 saturated carbocycles. The van der Waals surface area contributed by atoms with E-state index in [0.717, 1.165) is 0 Å². The van der Waals surface area contributed by atoms with Crippen molar-refractivity contribution < 1.29 is 18.0 Å². The zero-order valence-corrected chi connectivity index (χ0v) is 10.3. The fourth-order valence-corrected chi connectivity index (χ4v) is 3.30. The number of rotatable bonds is 4. The van der Waals surface area contributed by atoms with Crippen molar-refractivity contribution in [2.45, 2.75) is 18.9 Å². The van der Waals surface area contributed by atoms with Gasteiger partial charge in [0.05, 0.1) is 24.6 Å². The molecule has 98 valence electrons. The van der Waals surface area contributed by atoms with Crippen molar-refractivity contribution in [3.8, 4) is 0 Å². The number of nitrogens with one attached hydrogen (secondary N) is 2. The summed E-state index contributed by atoms with van der Waals surface area (Å²) in [4.78, 5) is 22.2. The lowest BCUT2D eigenvalue weighted by atomic mass is 10.2. The Balaban J connectivity index is 2.33. The second-order valence-electron chi connectivity index (χ2n) is 4.00. The van der Waals surface area contributed by atoms with Crippen LogP contribution in [0.3, 0.4) is 0 Å². The SMILES string of the molecule is NCC(=O)NCC(=O)NC1CCCS(=O)(=O)C1. The molecule has 1 aliphatic rings. The highest BCUT2D eigenvalue weighted by atomic mass is 32.2. The van der Waals surface area contributed by atoms with Gasteiger partial charge in [-0.25, -0.2) is 8.42 Å². The van der Waals surface area contributed by atoms with Gasteiger partial charge in [-0.2, -0.15) is 0 Å². The highest BCUT2D eigenvalue weighted by Crippen LogP contribution is 2.11. The van der Waals surface area contributed by atoms with Crippen LogP contribution in [0.1, 0.15) is 12.8 Å². The zero-order valence-electron chi connectivity index (χ0n) is 9.44. The Hall–Kier alpha value is -1.15. The summed E-state index contributed by atoms with van der Waals surface area (Å²) >= 11 is 0. The molecule has 0 aliphatic carbocycles. The van der Waals surface area contributed by atoms with Crippen molar-refractivity contribution >= 4 is 21.7 Å². The van der Waals surface area contributed by atoms with E-state index >= 15 is 0 Å². The molecule has 7 nitrogen and oxygen atoms in total. The van der Waals surface area contributed by atoms with Gasteiger partial charge in [0.15, 0.2) is 9.84 Å². The van der Waals surface area contributed by atoms with E-state index < -0.39 is 21.7 Å². The van der Waals surface area contributed by atoms with Crippen LogP contribution in [0.25, 0.3) is 0 Å². The van der Waals surface area contributed by atoms with Crippen LogP contribution >= 0.6 is 0 Å². The molecule has 0 spiro atoms. The molecular formula is C9H17N3O4S. The molecule has 0 bridgehead atoms. The highest BCUT2D eigenvalue weighted by Gasteiger charge is 2.25. The average molecular weight is 263 g/mol. The zero-order chi connectivity index (χ0) is 12.9. The van der Waals surface area contributed by atoms with E-state index in [1.54, 1.807) is 0 Å². The van der Waals surface area contributed by atoms with Crippen molar-refractivity contribution in [2.24, 2.45) is 5.73 Å². The minimum atomic E-state index is -3.04. The molecule has 1 rings (SSSR count). The minimum absolute atomic E-state index is 0.0242. The number of hydrogen-bond donors (Lipinski definition) is 3. The van der Waals surface area contributed by atoms with Gasteiger partial charge in [-0.1, -0.05) is 0 Å². The monoisotopic (exact) mass is 263 g/mol. The first-order valence-electron chi connectivity index (χ1n) is 5.39. The molecular weight excluding hydrogens is 246 g/mol. The molecule has 1 atom stereocenters. The van der Waals surface area contributed by atoms with Gasteiger partial charge in [0.25, 0.3) is 0 Å². The van der Waals surface area contributed by atoms with Crippen LogP contribution in [0.4, 0.5) is 0 Å². The van der Waals surface area contributed by atoms with Crippen LogP contribution in [0.15, 0.2) is 0 Å². The maximum Gasteiger partial charge on any atom is 0.239 e. The quantitative estimate of drug-likeness (QED) is 0.529. The number of amides is 2. The molecule has 0 aromatic carbocycles. The normalized spacial score (nSPS) is 22.8. The summed E-state index contributed by atoms with van der Waals surface area (Å²) < 4.78 is 22.6. The fourth-order valence-electron chi connectivity index (χ4n) is 1.67. The molecule has 0 aromatic heterocycles. The molecule has 17 heavy (non-hydrogen) atoms. The van der Waals surface area contributed by atoms with Crippen molar-refractivity contribution in [1.29, 1.82) is 0 Å². The Morgan fingerprint density at radius 3 is 2.59 bits per heavy atom. The molecule has 1 saturated heterocycles. The predicted molar refractivity (Wildman–Crippen MR) is 61.9 cm³/mol. The molecule has 8 heteroatoms. The molecule has 2 amide bonds. The van der Waals surface area contributed by atoms with E-state index in [4.69, 9.17) is 5.73 Å².